The van der Waals surface area contributed by atoms with Crippen LogP contribution in [0.15, 0.2) is 53.3 Å². The summed E-state index contributed by atoms with van der Waals surface area (Å²) < 4.78 is 0. The average Bonchev–Trinajstić information content (AvgIpc) is 3.03. The van der Waals surface area contributed by atoms with Crippen molar-refractivity contribution >= 4 is 28.5 Å². The van der Waals surface area contributed by atoms with Gasteiger partial charge in [-0.1, -0.05) is 19.1 Å². The Balaban J connectivity index is 2.06. The van der Waals surface area contributed by atoms with Gasteiger partial charge in [-0.2, -0.15) is 0 Å². The van der Waals surface area contributed by atoms with E-state index in [1.54, 1.807) is 30.5 Å². The fraction of sp³-hybridized carbons (Fsp3) is 0.200. The van der Waals surface area contributed by atoms with Crippen LogP contribution in [0.2, 0.25) is 0 Å². The lowest BCUT2D eigenvalue weighted by atomic mass is 9.96. The summed E-state index contributed by atoms with van der Waals surface area (Å²) in [7, 11) is 0. The second-order valence-corrected chi connectivity index (χ2v) is 6.17. The first kappa shape index (κ1) is 16.0. The van der Waals surface area contributed by atoms with Crippen LogP contribution in [0.25, 0.3) is 17.0 Å². The SMILES string of the molecule is CC(=O)/C=C(\C)C1=C/C(=C\c2c[nH]c3ccc([O-])cc23)C(=O)C1C. The van der Waals surface area contributed by atoms with Crippen molar-refractivity contribution in [3.63, 3.8) is 0 Å². The van der Waals surface area contributed by atoms with Crippen molar-refractivity contribution in [3.05, 3.63) is 58.8 Å². The summed E-state index contributed by atoms with van der Waals surface area (Å²) in [6.07, 6.45) is 6.97. The van der Waals surface area contributed by atoms with Crippen molar-refractivity contribution in [1.29, 1.82) is 0 Å². The van der Waals surface area contributed by atoms with Gasteiger partial charge in [0.1, 0.15) is 0 Å². The Morgan fingerprint density at radius 2 is 2.04 bits per heavy atom. The van der Waals surface area contributed by atoms with Crippen LogP contribution < -0.4 is 5.11 Å². The van der Waals surface area contributed by atoms with Gasteiger partial charge in [-0.05, 0) is 49.3 Å². The molecule has 3 rings (SSSR count). The van der Waals surface area contributed by atoms with Crippen molar-refractivity contribution in [2.45, 2.75) is 20.8 Å². The van der Waals surface area contributed by atoms with Crippen molar-refractivity contribution in [2.75, 3.05) is 0 Å². The van der Waals surface area contributed by atoms with E-state index in [0.29, 0.717) is 5.57 Å². The first-order chi connectivity index (χ1) is 11.4. The minimum atomic E-state index is -0.271. The molecule has 0 radical (unpaired) electrons. The molecule has 122 valence electrons. The number of carbonyl (C=O) groups is 2. The van der Waals surface area contributed by atoms with E-state index in [1.165, 1.54) is 13.0 Å². The van der Waals surface area contributed by atoms with Crippen LogP contribution in [0.1, 0.15) is 26.3 Å². The Morgan fingerprint density at radius 1 is 1.29 bits per heavy atom. The van der Waals surface area contributed by atoms with E-state index in [1.807, 2.05) is 19.9 Å². The lowest BCUT2D eigenvalue weighted by Gasteiger charge is -2.07. The number of Topliss-reactive ketones (excluding diaryl/α,β-unsaturated/α-hetero) is 1. The maximum absolute atomic E-state index is 12.5. The quantitative estimate of drug-likeness (QED) is 0.882. The third-order valence-corrected chi connectivity index (χ3v) is 4.33. The van der Waals surface area contributed by atoms with Gasteiger partial charge in [-0.3, -0.25) is 9.59 Å². The van der Waals surface area contributed by atoms with Crippen molar-refractivity contribution in [1.82, 2.24) is 4.98 Å². The summed E-state index contributed by atoms with van der Waals surface area (Å²) in [5.41, 5.74) is 3.94. The smallest absolute Gasteiger partial charge is 0.170 e. The third kappa shape index (κ3) is 2.83. The highest BCUT2D eigenvalue weighted by Crippen LogP contribution is 2.33. The summed E-state index contributed by atoms with van der Waals surface area (Å²) in [6.45, 7) is 5.18. The van der Waals surface area contributed by atoms with E-state index in [9.17, 15) is 14.7 Å². The van der Waals surface area contributed by atoms with Crippen LogP contribution in [0.5, 0.6) is 5.75 Å². The topological polar surface area (TPSA) is 73.0 Å². The summed E-state index contributed by atoms with van der Waals surface area (Å²) in [4.78, 5) is 26.9. The van der Waals surface area contributed by atoms with Gasteiger partial charge >= 0.3 is 0 Å². The molecule has 0 aliphatic heterocycles. The zero-order chi connectivity index (χ0) is 17.4. The van der Waals surface area contributed by atoms with E-state index < -0.39 is 0 Å². The van der Waals surface area contributed by atoms with Crippen molar-refractivity contribution < 1.29 is 14.7 Å². The largest absolute Gasteiger partial charge is 0.872 e. The predicted octanol–water partition coefficient (Wildman–Crippen LogP) is 3.31. The number of hydrogen-bond donors (Lipinski definition) is 1. The molecule has 4 heteroatoms. The minimum absolute atomic E-state index is 0.0222. The van der Waals surface area contributed by atoms with Crippen LogP contribution in [-0.4, -0.2) is 16.6 Å². The van der Waals surface area contributed by atoms with Gasteiger partial charge in [-0.15, -0.1) is 5.75 Å². The molecule has 1 heterocycles. The normalized spacial score (nSPS) is 20.0. The molecule has 0 bridgehead atoms. The molecule has 0 amide bonds. The lowest BCUT2D eigenvalue weighted by molar-refractivity contribution is -0.268. The Bertz CT molecular complexity index is 941. The van der Waals surface area contributed by atoms with Gasteiger partial charge in [0.05, 0.1) is 0 Å². The number of H-pyrrole nitrogens is 1. The fourth-order valence-electron chi connectivity index (χ4n) is 3.12. The summed E-state index contributed by atoms with van der Waals surface area (Å²) >= 11 is 0. The molecule has 1 N–H and O–H groups in total. The number of carbonyl (C=O) groups excluding carboxylic acids is 2. The Morgan fingerprint density at radius 3 is 2.75 bits per heavy atom. The summed E-state index contributed by atoms with van der Waals surface area (Å²) in [6, 6.07) is 4.80. The van der Waals surface area contributed by atoms with E-state index in [4.69, 9.17) is 0 Å². The lowest BCUT2D eigenvalue weighted by Crippen LogP contribution is -2.08. The molecule has 0 saturated heterocycles. The molecule has 24 heavy (non-hydrogen) atoms. The van der Waals surface area contributed by atoms with Crippen molar-refractivity contribution in [2.24, 2.45) is 5.92 Å². The van der Waals surface area contributed by atoms with E-state index in [-0.39, 0.29) is 23.2 Å². The first-order valence-electron chi connectivity index (χ1n) is 7.81. The summed E-state index contributed by atoms with van der Waals surface area (Å²) in [5, 5.41) is 12.4. The predicted molar refractivity (Wildman–Crippen MR) is 92.4 cm³/mol. The number of nitrogens with one attached hydrogen (secondary N) is 1. The zero-order valence-corrected chi connectivity index (χ0v) is 13.8. The maximum atomic E-state index is 12.5. The highest BCUT2D eigenvalue weighted by atomic mass is 16.3. The number of aromatic nitrogens is 1. The van der Waals surface area contributed by atoms with Gasteiger partial charge < -0.3 is 10.1 Å². The van der Waals surface area contributed by atoms with E-state index >= 15 is 0 Å². The van der Waals surface area contributed by atoms with Gasteiger partial charge in [0.25, 0.3) is 0 Å². The van der Waals surface area contributed by atoms with Crippen LogP contribution in [0, 0.1) is 5.92 Å². The Hall–Kier alpha value is -2.88. The molecule has 4 nitrogen and oxygen atoms in total. The fourth-order valence-corrected chi connectivity index (χ4v) is 3.12. The molecule has 1 aliphatic carbocycles. The number of hydrogen-bond acceptors (Lipinski definition) is 3. The van der Waals surface area contributed by atoms with E-state index in [2.05, 4.69) is 4.98 Å². The Kier molecular flexibility index (Phi) is 3.97. The van der Waals surface area contributed by atoms with Gasteiger partial charge in [0, 0.05) is 34.2 Å². The maximum Gasteiger partial charge on any atom is 0.170 e. The van der Waals surface area contributed by atoms with Gasteiger partial charge in [0.2, 0.25) is 0 Å². The van der Waals surface area contributed by atoms with E-state index in [0.717, 1.165) is 27.6 Å². The van der Waals surface area contributed by atoms with Crippen LogP contribution in [0.4, 0.5) is 0 Å². The highest BCUT2D eigenvalue weighted by Gasteiger charge is 2.28. The van der Waals surface area contributed by atoms with Crippen LogP contribution >= 0.6 is 0 Å². The molecule has 1 aromatic heterocycles. The molecule has 1 aromatic carbocycles. The highest BCUT2D eigenvalue weighted by molar-refractivity contribution is 6.10. The standard InChI is InChI=1S/C20H19NO3/c1-11(6-12(2)22)17-8-14(20(24)13(17)3)7-15-10-21-19-5-4-16(23)9-18(15)19/h4-10,13,21,23H,1-3H3/p-1/b11-6+,14-7+. The number of fused-ring (bicyclic) bond motifs is 1. The molecule has 0 spiro atoms. The molecule has 2 aromatic rings. The van der Waals surface area contributed by atoms with Crippen LogP contribution in [-0.2, 0) is 9.59 Å². The monoisotopic (exact) mass is 320 g/mol. The van der Waals surface area contributed by atoms with Crippen molar-refractivity contribution in [3.8, 4) is 5.75 Å². The van der Waals surface area contributed by atoms with Crippen LogP contribution in [0.3, 0.4) is 0 Å². The second kappa shape index (κ2) is 5.96. The third-order valence-electron chi connectivity index (χ3n) is 4.33. The number of rotatable bonds is 3. The molecule has 0 fully saturated rings. The molecule has 1 unspecified atom stereocenters. The van der Waals surface area contributed by atoms with Gasteiger partial charge in [0.15, 0.2) is 11.6 Å². The number of aromatic amines is 1. The number of benzene rings is 1. The first-order valence-corrected chi connectivity index (χ1v) is 7.81. The summed E-state index contributed by atoms with van der Waals surface area (Å²) in [5.74, 6) is -0.351. The zero-order valence-electron chi connectivity index (χ0n) is 13.8. The minimum Gasteiger partial charge on any atom is -0.872 e. The number of allylic oxidation sites excluding steroid dienone is 5. The second-order valence-electron chi connectivity index (χ2n) is 6.17. The molecule has 0 saturated carbocycles. The Labute approximate surface area is 140 Å². The number of ketones is 2. The molecule has 1 atom stereocenters. The molecule has 1 aliphatic rings. The van der Waals surface area contributed by atoms with Gasteiger partial charge in [-0.25, -0.2) is 0 Å². The molecular formula is C20H18NO3-. The molecular weight excluding hydrogens is 302 g/mol. The average molecular weight is 320 g/mol.